The number of anilines is 1. The SMILES string of the molecule is Cc1ccc(NC(=O)NC(CN2CCCC2=O)c2ccccc2)cc1. The van der Waals surface area contributed by atoms with Crippen LogP contribution in [0.2, 0.25) is 0 Å². The average molecular weight is 337 g/mol. The predicted molar refractivity (Wildman–Crippen MR) is 98.3 cm³/mol. The van der Waals surface area contributed by atoms with Gasteiger partial charge in [-0.15, -0.1) is 0 Å². The number of carbonyl (C=O) groups excluding carboxylic acids is 2. The Morgan fingerprint density at radius 1 is 1.12 bits per heavy atom. The molecule has 1 unspecified atom stereocenters. The van der Waals surface area contributed by atoms with Crippen molar-refractivity contribution in [2.24, 2.45) is 0 Å². The van der Waals surface area contributed by atoms with Crippen molar-refractivity contribution < 1.29 is 9.59 Å². The first kappa shape index (κ1) is 17.0. The number of likely N-dealkylation sites (tertiary alicyclic amines) is 1. The second-order valence-electron chi connectivity index (χ2n) is 6.37. The molecule has 130 valence electrons. The second-order valence-corrected chi connectivity index (χ2v) is 6.37. The van der Waals surface area contributed by atoms with Crippen LogP contribution < -0.4 is 10.6 Å². The van der Waals surface area contributed by atoms with Crippen molar-refractivity contribution in [3.63, 3.8) is 0 Å². The fourth-order valence-corrected chi connectivity index (χ4v) is 3.00. The zero-order chi connectivity index (χ0) is 17.6. The van der Waals surface area contributed by atoms with Crippen LogP contribution in [0.5, 0.6) is 0 Å². The van der Waals surface area contributed by atoms with Crippen molar-refractivity contribution >= 4 is 17.6 Å². The monoisotopic (exact) mass is 337 g/mol. The van der Waals surface area contributed by atoms with Gasteiger partial charge in [0.05, 0.1) is 6.04 Å². The molecule has 0 saturated carbocycles. The molecule has 25 heavy (non-hydrogen) atoms. The molecule has 3 rings (SSSR count). The molecule has 0 spiro atoms. The molecule has 0 aromatic heterocycles. The van der Waals surface area contributed by atoms with Crippen LogP contribution in [0.15, 0.2) is 54.6 Å². The minimum Gasteiger partial charge on any atom is -0.340 e. The summed E-state index contributed by atoms with van der Waals surface area (Å²) in [6.45, 7) is 3.25. The summed E-state index contributed by atoms with van der Waals surface area (Å²) in [7, 11) is 0. The molecule has 1 aliphatic rings. The lowest BCUT2D eigenvalue weighted by Crippen LogP contribution is -2.40. The van der Waals surface area contributed by atoms with Crippen LogP contribution in [-0.4, -0.2) is 29.9 Å². The highest BCUT2D eigenvalue weighted by molar-refractivity contribution is 5.89. The van der Waals surface area contributed by atoms with Crippen LogP contribution in [0.1, 0.15) is 30.0 Å². The van der Waals surface area contributed by atoms with Gasteiger partial charge >= 0.3 is 6.03 Å². The molecule has 2 aromatic carbocycles. The third-order valence-corrected chi connectivity index (χ3v) is 4.39. The molecular weight excluding hydrogens is 314 g/mol. The molecule has 0 aliphatic carbocycles. The first-order valence-electron chi connectivity index (χ1n) is 8.59. The lowest BCUT2D eigenvalue weighted by molar-refractivity contribution is -0.128. The molecule has 1 saturated heterocycles. The molecule has 3 amide bonds. The van der Waals surface area contributed by atoms with Crippen LogP contribution >= 0.6 is 0 Å². The first-order valence-corrected chi connectivity index (χ1v) is 8.59. The summed E-state index contributed by atoms with van der Waals surface area (Å²) in [5.74, 6) is 0.154. The molecule has 1 atom stereocenters. The Bertz CT molecular complexity index is 728. The summed E-state index contributed by atoms with van der Waals surface area (Å²) in [5.41, 5.74) is 2.87. The third-order valence-electron chi connectivity index (χ3n) is 4.39. The highest BCUT2D eigenvalue weighted by Gasteiger charge is 2.25. The Morgan fingerprint density at radius 3 is 2.48 bits per heavy atom. The summed E-state index contributed by atoms with van der Waals surface area (Å²) >= 11 is 0. The van der Waals surface area contributed by atoms with Gasteiger partial charge in [-0.1, -0.05) is 48.0 Å². The van der Waals surface area contributed by atoms with E-state index in [-0.39, 0.29) is 18.0 Å². The van der Waals surface area contributed by atoms with Crippen molar-refractivity contribution in [1.29, 1.82) is 0 Å². The lowest BCUT2D eigenvalue weighted by Gasteiger charge is -2.25. The number of nitrogens with zero attached hydrogens (tertiary/aromatic N) is 1. The Balaban J connectivity index is 1.69. The number of aryl methyl sites for hydroxylation is 1. The Kier molecular flexibility index (Phi) is 5.33. The highest BCUT2D eigenvalue weighted by Crippen LogP contribution is 2.19. The highest BCUT2D eigenvalue weighted by atomic mass is 16.2. The number of hydrogen-bond acceptors (Lipinski definition) is 2. The third kappa shape index (κ3) is 4.59. The standard InChI is InChI=1S/C20H23N3O2/c1-15-9-11-17(12-10-15)21-20(25)22-18(16-6-3-2-4-7-16)14-23-13-5-8-19(23)24/h2-4,6-7,9-12,18H,5,8,13-14H2,1H3,(H2,21,22,25). The second kappa shape index (κ2) is 7.83. The number of carbonyl (C=O) groups is 2. The Hall–Kier alpha value is -2.82. The normalized spacial score (nSPS) is 15.1. The van der Waals surface area contributed by atoms with Crippen LogP contribution in [0, 0.1) is 6.92 Å². The number of urea groups is 1. The van der Waals surface area contributed by atoms with E-state index < -0.39 is 0 Å². The smallest absolute Gasteiger partial charge is 0.319 e. The van der Waals surface area contributed by atoms with E-state index in [4.69, 9.17) is 0 Å². The van der Waals surface area contributed by atoms with E-state index in [1.807, 2.05) is 66.4 Å². The van der Waals surface area contributed by atoms with Crippen molar-refractivity contribution in [3.05, 3.63) is 65.7 Å². The summed E-state index contributed by atoms with van der Waals surface area (Å²) in [6.07, 6.45) is 1.48. The topological polar surface area (TPSA) is 61.4 Å². The van der Waals surface area contributed by atoms with Crippen LogP contribution in [-0.2, 0) is 4.79 Å². The van der Waals surface area contributed by atoms with E-state index in [9.17, 15) is 9.59 Å². The molecule has 0 radical (unpaired) electrons. The van der Waals surface area contributed by atoms with E-state index in [2.05, 4.69) is 10.6 Å². The largest absolute Gasteiger partial charge is 0.340 e. The fraction of sp³-hybridized carbons (Fsp3) is 0.300. The summed E-state index contributed by atoms with van der Waals surface area (Å²) < 4.78 is 0. The van der Waals surface area contributed by atoms with Gasteiger partial charge in [0, 0.05) is 25.2 Å². The van der Waals surface area contributed by atoms with Gasteiger partial charge in [-0.05, 0) is 31.0 Å². The lowest BCUT2D eigenvalue weighted by atomic mass is 10.1. The van der Waals surface area contributed by atoms with E-state index in [0.717, 1.165) is 29.8 Å². The summed E-state index contributed by atoms with van der Waals surface area (Å²) in [6, 6.07) is 16.9. The van der Waals surface area contributed by atoms with Crippen molar-refractivity contribution in [1.82, 2.24) is 10.2 Å². The first-order chi connectivity index (χ1) is 12.1. The number of amides is 3. The van der Waals surface area contributed by atoms with Gasteiger partial charge in [-0.25, -0.2) is 4.79 Å². The molecule has 1 fully saturated rings. The zero-order valence-electron chi connectivity index (χ0n) is 14.4. The maximum absolute atomic E-state index is 12.4. The maximum Gasteiger partial charge on any atom is 0.319 e. The van der Waals surface area contributed by atoms with Crippen LogP contribution in [0.3, 0.4) is 0 Å². The molecule has 5 nitrogen and oxygen atoms in total. The van der Waals surface area contributed by atoms with Gasteiger partial charge in [0.2, 0.25) is 5.91 Å². The van der Waals surface area contributed by atoms with Gasteiger partial charge < -0.3 is 15.5 Å². The minimum absolute atomic E-state index is 0.154. The number of benzene rings is 2. The van der Waals surface area contributed by atoms with E-state index in [1.54, 1.807) is 0 Å². The molecule has 0 bridgehead atoms. The fourth-order valence-electron chi connectivity index (χ4n) is 3.00. The zero-order valence-corrected chi connectivity index (χ0v) is 14.4. The summed E-state index contributed by atoms with van der Waals surface area (Å²) in [5, 5.41) is 5.85. The predicted octanol–water partition coefficient (Wildman–Crippen LogP) is 3.48. The quantitative estimate of drug-likeness (QED) is 0.877. The molecule has 1 aliphatic heterocycles. The van der Waals surface area contributed by atoms with E-state index >= 15 is 0 Å². The van der Waals surface area contributed by atoms with E-state index in [1.165, 1.54) is 0 Å². The Labute approximate surface area is 148 Å². The van der Waals surface area contributed by atoms with Crippen molar-refractivity contribution in [2.45, 2.75) is 25.8 Å². The minimum atomic E-state index is -0.274. The van der Waals surface area contributed by atoms with Crippen molar-refractivity contribution in [3.8, 4) is 0 Å². The molecule has 1 heterocycles. The van der Waals surface area contributed by atoms with Gasteiger partial charge in [0.1, 0.15) is 0 Å². The van der Waals surface area contributed by atoms with Gasteiger partial charge in [-0.2, -0.15) is 0 Å². The Morgan fingerprint density at radius 2 is 1.84 bits per heavy atom. The molecular formula is C20H23N3O2. The average Bonchev–Trinajstić information content (AvgIpc) is 3.02. The van der Waals surface area contributed by atoms with Gasteiger partial charge in [0.25, 0.3) is 0 Å². The van der Waals surface area contributed by atoms with Gasteiger partial charge in [-0.3, -0.25) is 4.79 Å². The number of hydrogen-bond donors (Lipinski definition) is 2. The van der Waals surface area contributed by atoms with E-state index in [0.29, 0.717) is 13.0 Å². The van der Waals surface area contributed by atoms with Gasteiger partial charge in [0.15, 0.2) is 0 Å². The molecule has 2 aromatic rings. The van der Waals surface area contributed by atoms with Crippen molar-refractivity contribution in [2.75, 3.05) is 18.4 Å². The number of nitrogens with one attached hydrogen (secondary N) is 2. The van der Waals surface area contributed by atoms with Crippen LogP contribution in [0.25, 0.3) is 0 Å². The summed E-state index contributed by atoms with van der Waals surface area (Å²) in [4.78, 5) is 26.2. The molecule has 5 heteroatoms. The van der Waals surface area contributed by atoms with Crippen LogP contribution in [0.4, 0.5) is 10.5 Å². The maximum atomic E-state index is 12.4. The molecule has 2 N–H and O–H groups in total. The number of rotatable bonds is 5.